The molecule has 0 saturated heterocycles. The Hall–Kier alpha value is -2.59. The van der Waals surface area contributed by atoms with Gasteiger partial charge in [-0.3, -0.25) is 0 Å². The predicted octanol–water partition coefficient (Wildman–Crippen LogP) is 8.11. The lowest BCUT2D eigenvalue weighted by Crippen LogP contribution is -2.16. The van der Waals surface area contributed by atoms with Crippen molar-refractivity contribution in [3.8, 4) is 11.1 Å². The van der Waals surface area contributed by atoms with Gasteiger partial charge in [0.1, 0.15) is 0 Å². The van der Waals surface area contributed by atoms with Gasteiger partial charge in [-0.05, 0) is 87.2 Å². The molecule has 154 valence electrons. The summed E-state index contributed by atoms with van der Waals surface area (Å²) in [6, 6.07) is 33.4. The van der Waals surface area contributed by atoms with Crippen LogP contribution in [0.25, 0.3) is 11.1 Å². The van der Waals surface area contributed by atoms with Crippen molar-refractivity contribution in [2.24, 2.45) is 0 Å². The molecule has 2 heteroatoms. The van der Waals surface area contributed by atoms with E-state index in [-0.39, 0.29) is 11.5 Å². The third-order valence-corrected chi connectivity index (χ3v) is 7.23. The average Bonchev–Trinajstić information content (AvgIpc) is 3.01. The Balaban J connectivity index is 1.56. The molecule has 0 aliphatic heterocycles. The minimum atomic E-state index is 0.00579. The molecule has 0 saturated carbocycles. The molecule has 0 bridgehead atoms. The van der Waals surface area contributed by atoms with Crippen LogP contribution in [-0.2, 0) is 5.41 Å². The first kappa shape index (κ1) is 20.3. The zero-order valence-corrected chi connectivity index (χ0v) is 20.3. The van der Waals surface area contributed by atoms with Crippen LogP contribution in [0.1, 0.15) is 47.7 Å². The van der Waals surface area contributed by atoms with Gasteiger partial charge in [0, 0.05) is 14.7 Å². The van der Waals surface area contributed by atoms with Crippen LogP contribution in [-0.4, -0.2) is 0 Å². The summed E-state index contributed by atoms with van der Waals surface area (Å²) < 4.78 is 1.25. The van der Waals surface area contributed by atoms with Gasteiger partial charge in [-0.2, -0.15) is 0 Å². The summed E-state index contributed by atoms with van der Waals surface area (Å²) in [5.41, 5.74) is 10.5. The Morgan fingerprint density at radius 3 is 2.03 bits per heavy atom. The average molecular weight is 515 g/mol. The lowest BCUT2D eigenvalue weighted by molar-refractivity contribution is 0.660. The van der Waals surface area contributed by atoms with Crippen molar-refractivity contribution in [2.45, 2.75) is 32.2 Å². The SMILES string of the molecule is Cc1ccc(C(Nc2ccc3c(c2)C(C)(C)c2ccccc2-3)c2ccc(I)cc2)cc1. The number of anilines is 1. The smallest absolute Gasteiger partial charge is 0.0767 e. The molecule has 1 nitrogen and oxygen atoms in total. The van der Waals surface area contributed by atoms with Crippen LogP contribution in [0.5, 0.6) is 0 Å². The predicted molar refractivity (Wildman–Crippen MR) is 140 cm³/mol. The van der Waals surface area contributed by atoms with Crippen LogP contribution >= 0.6 is 22.6 Å². The molecule has 5 rings (SSSR count). The molecule has 0 spiro atoms. The lowest BCUT2D eigenvalue weighted by Gasteiger charge is -2.25. The van der Waals surface area contributed by atoms with Gasteiger partial charge in [0.25, 0.3) is 0 Å². The van der Waals surface area contributed by atoms with E-state index < -0.39 is 0 Å². The summed E-state index contributed by atoms with van der Waals surface area (Å²) in [5.74, 6) is 0. The molecule has 1 N–H and O–H groups in total. The molecule has 1 aliphatic carbocycles. The highest BCUT2D eigenvalue weighted by atomic mass is 127. The molecule has 0 heterocycles. The maximum absolute atomic E-state index is 3.84. The van der Waals surface area contributed by atoms with Gasteiger partial charge in [-0.15, -0.1) is 0 Å². The molecule has 0 aromatic heterocycles. The van der Waals surface area contributed by atoms with Crippen molar-refractivity contribution < 1.29 is 0 Å². The van der Waals surface area contributed by atoms with E-state index in [0.29, 0.717) is 0 Å². The van der Waals surface area contributed by atoms with Crippen LogP contribution in [0.4, 0.5) is 5.69 Å². The quantitative estimate of drug-likeness (QED) is 0.271. The van der Waals surface area contributed by atoms with Crippen molar-refractivity contribution in [1.29, 1.82) is 0 Å². The number of halogens is 1. The van der Waals surface area contributed by atoms with Gasteiger partial charge in [0.05, 0.1) is 6.04 Å². The van der Waals surface area contributed by atoms with E-state index in [1.54, 1.807) is 0 Å². The summed E-state index contributed by atoms with van der Waals surface area (Å²) in [7, 11) is 0. The standard InChI is InChI=1S/C29H26IN/c1-19-8-10-20(11-9-19)28(21-12-14-22(30)15-13-21)31-23-16-17-25-24-6-4-5-7-26(24)29(2,3)27(25)18-23/h4-18,28,31H,1-3H3. The number of hydrogen-bond donors (Lipinski definition) is 1. The number of rotatable bonds is 4. The normalized spacial score (nSPS) is 14.6. The Kier molecular flexibility index (Phi) is 5.13. The second-order valence-corrected chi connectivity index (χ2v) is 10.2. The fraction of sp³-hybridized carbons (Fsp3) is 0.172. The van der Waals surface area contributed by atoms with E-state index in [2.05, 4.69) is 140 Å². The minimum Gasteiger partial charge on any atom is -0.374 e. The maximum Gasteiger partial charge on any atom is 0.0767 e. The number of hydrogen-bond acceptors (Lipinski definition) is 1. The van der Waals surface area contributed by atoms with Crippen LogP contribution < -0.4 is 5.32 Å². The summed E-state index contributed by atoms with van der Waals surface area (Å²) in [6.45, 7) is 6.80. The largest absolute Gasteiger partial charge is 0.374 e. The van der Waals surface area contributed by atoms with E-state index in [9.17, 15) is 0 Å². The van der Waals surface area contributed by atoms with E-state index in [1.165, 1.54) is 42.5 Å². The van der Waals surface area contributed by atoms with E-state index in [0.717, 1.165) is 5.69 Å². The Morgan fingerprint density at radius 2 is 1.32 bits per heavy atom. The van der Waals surface area contributed by atoms with Crippen molar-refractivity contribution in [2.75, 3.05) is 5.32 Å². The third kappa shape index (κ3) is 3.67. The third-order valence-electron chi connectivity index (χ3n) is 6.51. The van der Waals surface area contributed by atoms with Crippen molar-refractivity contribution in [1.82, 2.24) is 0 Å². The maximum atomic E-state index is 3.84. The molecule has 31 heavy (non-hydrogen) atoms. The molecule has 4 aromatic carbocycles. The topological polar surface area (TPSA) is 12.0 Å². The zero-order valence-electron chi connectivity index (χ0n) is 18.1. The Labute approximate surface area is 198 Å². The highest BCUT2D eigenvalue weighted by Crippen LogP contribution is 2.49. The van der Waals surface area contributed by atoms with Crippen molar-refractivity contribution in [3.63, 3.8) is 0 Å². The zero-order chi connectivity index (χ0) is 21.6. The minimum absolute atomic E-state index is 0.00579. The van der Waals surface area contributed by atoms with Crippen LogP contribution in [0.3, 0.4) is 0 Å². The van der Waals surface area contributed by atoms with Gasteiger partial charge >= 0.3 is 0 Å². The van der Waals surface area contributed by atoms with Crippen LogP contribution in [0, 0.1) is 10.5 Å². The van der Waals surface area contributed by atoms with Crippen molar-refractivity contribution >= 4 is 28.3 Å². The first-order valence-electron chi connectivity index (χ1n) is 10.8. The molecule has 0 fully saturated rings. The molecular weight excluding hydrogens is 489 g/mol. The van der Waals surface area contributed by atoms with Crippen LogP contribution in [0.15, 0.2) is 91.0 Å². The van der Waals surface area contributed by atoms with Gasteiger partial charge in [-0.25, -0.2) is 0 Å². The first-order chi connectivity index (χ1) is 14.9. The van der Waals surface area contributed by atoms with Gasteiger partial charge < -0.3 is 5.32 Å². The number of benzene rings is 4. The Morgan fingerprint density at radius 1 is 0.710 bits per heavy atom. The first-order valence-corrected chi connectivity index (χ1v) is 11.8. The summed E-state index contributed by atoms with van der Waals surface area (Å²) >= 11 is 2.37. The molecule has 0 radical (unpaired) electrons. The van der Waals surface area contributed by atoms with Crippen LogP contribution in [0.2, 0.25) is 0 Å². The molecule has 0 amide bonds. The summed E-state index contributed by atoms with van der Waals surface area (Å²) in [5, 5.41) is 3.84. The monoisotopic (exact) mass is 515 g/mol. The number of nitrogens with one attached hydrogen (secondary N) is 1. The second-order valence-electron chi connectivity index (χ2n) is 8.97. The Bertz CT molecular complexity index is 1190. The summed E-state index contributed by atoms with van der Waals surface area (Å²) in [4.78, 5) is 0. The lowest BCUT2D eigenvalue weighted by atomic mass is 9.82. The number of fused-ring (bicyclic) bond motifs is 3. The molecular formula is C29H26IN. The van der Waals surface area contributed by atoms with Crippen molar-refractivity contribution in [3.05, 3.63) is 122 Å². The van der Waals surface area contributed by atoms with E-state index in [1.807, 2.05) is 0 Å². The highest BCUT2D eigenvalue weighted by molar-refractivity contribution is 14.1. The fourth-order valence-corrected chi connectivity index (χ4v) is 5.09. The molecule has 1 unspecified atom stereocenters. The summed E-state index contributed by atoms with van der Waals surface area (Å²) in [6.07, 6.45) is 0. The molecule has 4 aromatic rings. The van der Waals surface area contributed by atoms with Gasteiger partial charge in [-0.1, -0.05) is 86.1 Å². The van der Waals surface area contributed by atoms with E-state index >= 15 is 0 Å². The van der Waals surface area contributed by atoms with Gasteiger partial charge in [0.15, 0.2) is 0 Å². The molecule has 1 atom stereocenters. The number of aryl methyl sites for hydroxylation is 1. The van der Waals surface area contributed by atoms with E-state index in [4.69, 9.17) is 0 Å². The highest BCUT2D eigenvalue weighted by Gasteiger charge is 2.35. The second kappa shape index (κ2) is 7.83. The van der Waals surface area contributed by atoms with Gasteiger partial charge in [0.2, 0.25) is 0 Å². The molecule has 1 aliphatic rings. The fourth-order valence-electron chi connectivity index (χ4n) is 4.73.